The van der Waals surface area contributed by atoms with Crippen molar-refractivity contribution in [3.05, 3.63) is 36.0 Å². The lowest BCUT2D eigenvalue weighted by atomic mass is 9.99. The lowest BCUT2D eigenvalue weighted by Gasteiger charge is -2.16. The molecule has 0 amide bonds. The van der Waals surface area contributed by atoms with Crippen LogP contribution in [0.1, 0.15) is 5.56 Å². The molecular weight excluding hydrogens is 366 g/mol. The van der Waals surface area contributed by atoms with E-state index < -0.39 is 0 Å². The summed E-state index contributed by atoms with van der Waals surface area (Å²) in [5, 5.41) is 3.70. The number of pyridine rings is 2. The predicted octanol–water partition coefficient (Wildman–Crippen LogP) is 3.36. The van der Waals surface area contributed by atoms with Gasteiger partial charge in [0.1, 0.15) is 12.4 Å². The van der Waals surface area contributed by atoms with Crippen molar-refractivity contribution in [3.63, 3.8) is 0 Å². The molecule has 4 N–H and O–H groups in total. The van der Waals surface area contributed by atoms with E-state index in [1.54, 1.807) is 13.3 Å². The first-order chi connectivity index (χ1) is 13.9. The van der Waals surface area contributed by atoms with Crippen molar-refractivity contribution in [1.82, 2.24) is 14.9 Å². The molecule has 0 fully saturated rings. The average Bonchev–Trinajstić information content (AvgIpc) is 2.70. The van der Waals surface area contributed by atoms with E-state index in [0.29, 0.717) is 29.6 Å². The molecule has 0 unspecified atom stereocenters. The van der Waals surface area contributed by atoms with Crippen LogP contribution in [0.25, 0.3) is 32.6 Å². The van der Waals surface area contributed by atoms with Crippen LogP contribution >= 0.6 is 0 Å². The standard InChI is InChI=1S/C22H25N5O2/c1-12-16(23)6-5-13-20-14-9-18(28-4)19(29-8-7-27(2)3)10-17(14)25-11-15(20)22(24)26-21(12)13/h5-6,9-11H,7-8,23H2,1-4H3,(H2,24,26). The van der Waals surface area contributed by atoms with Crippen LogP contribution in [0.3, 0.4) is 0 Å². The molecule has 0 saturated heterocycles. The summed E-state index contributed by atoms with van der Waals surface area (Å²) < 4.78 is 11.6. The van der Waals surface area contributed by atoms with Crippen LogP contribution in [0, 0.1) is 6.92 Å². The van der Waals surface area contributed by atoms with Crippen molar-refractivity contribution >= 4 is 44.1 Å². The zero-order chi connectivity index (χ0) is 20.7. The Balaban J connectivity index is 2.00. The average molecular weight is 391 g/mol. The van der Waals surface area contributed by atoms with Crippen LogP contribution in [-0.4, -0.2) is 49.2 Å². The number of aryl methyl sites for hydroxylation is 1. The monoisotopic (exact) mass is 391 g/mol. The fourth-order valence-corrected chi connectivity index (χ4v) is 3.54. The van der Waals surface area contributed by atoms with Gasteiger partial charge < -0.3 is 25.8 Å². The number of nitrogens with two attached hydrogens (primary N) is 2. The van der Waals surface area contributed by atoms with Gasteiger partial charge in [-0.1, -0.05) is 6.07 Å². The minimum Gasteiger partial charge on any atom is -0.493 e. The van der Waals surface area contributed by atoms with Gasteiger partial charge in [-0.2, -0.15) is 0 Å². The summed E-state index contributed by atoms with van der Waals surface area (Å²) in [5.74, 6) is 1.75. The molecule has 2 aromatic heterocycles. The molecule has 0 aliphatic carbocycles. The first kappa shape index (κ1) is 19.0. The molecule has 0 radical (unpaired) electrons. The number of anilines is 2. The van der Waals surface area contributed by atoms with Crippen molar-refractivity contribution in [1.29, 1.82) is 0 Å². The quantitative estimate of drug-likeness (QED) is 0.397. The van der Waals surface area contributed by atoms with Crippen molar-refractivity contribution in [2.45, 2.75) is 6.92 Å². The van der Waals surface area contributed by atoms with E-state index in [1.165, 1.54) is 0 Å². The number of methoxy groups -OCH3 is 1. The lowest BCUT2D eigenvalue weighted by molar-refractivity contribution is 0.251. The maximum Gasteiger partial charge on any atom is 0.163 e. The molecule has 7 nitrogen and oxygen atoms in total. The van der Waals surface area contributed by atoms with Crippen molar-refractivity contribution in [2.75, 3.05) is 45.8 Å². The fraction of sp³-hybridized carbons (Fsp3) is 0.273. The van der Waals surface area contributed by atoms with Gasteiger partial charge in [-0.25, -0.2) is 4.98 Å². The second-order valence-electron chi connectivity index (χ2n) is 7.39. The van der Waals surface area contributed by atoms with Crippen LogP contribution in [0.15, 0.2) is 30.5 Å². The number of hydrogen-bond donors (Lipinski definition) is 2. The Morgan fingerprint density at radius 3 is 2.55 bits per heavy atom. The molecule has 4 rings (SSSR count). The molecule has 0 atom stereocenters. The normalized spacial score (nSPS) is 11.6. The van der Waals surface area contributed by atoms with Gasteiger partial charge in [0, 0.05) is 46.0 Å². The van der Waals surface area contributed by atoms with E-state index in [2.05, 4.69) is 14.9 Å². The molecule has 0 spiro atoms. The largest absolute Gasteiger partial charge is 0.493 e. The third-order valence-electron chi connectivity index (χ3n) is 5.20. The Bertz CT molecular complexity index is 1240. The zero-order valence-corrected chi connectivity index (χ0v) is 17.1. The first-order valence-electron chi connectivity index (χ1n) is 9.43. The minimum atomic E-state index is 0.431. The Kier molecular flexibility index (Phi) is 4.76. The highest BCUT2D eigenvalue weighted by Gasteiger charge is 2.16. The van der Waals surface area contributed by atoms with Crippen LogP contribution in [0.2, 0.25) is 0 Å². The van der Waals surface area contributed by atoms with Gasteiger partial charge in [-0.3, -0.25) is 4.98 Å². The highest BCUT2D eigenvalue weighted by molar-refractivity contribution is 6.21. The zero-order valence-electron chi connectivity index (χ0n) is 17.1. The molecule has 0 saturated carbocycles. The Morgan fingerprint density at radius 2 is 1.83 bits per heavy atom. The molecule has 0 bridgehead atoms. The van der Waals surface area contributed by atoms with Gasteiger partial charge in [0.25, 0.3) is 0 Å². The summed E-state index contributed by atoms with van der Waals surface area (Å²) in [6.45, 7) is 3.32. The van der Waals surface area contributed by atoms with Gasteiger partial charge in [-0.05, 0) is 38.7 Å². The number of benzene rings is 2. The number of aromatic nitrogens is 2. The first-order valence-corrected chi connectivity index (χ1v) is 9.43. The Hall–Kier alpha value is -3.32. The summed E-state index contributed by atoms with van der Waals surface area (Å²) in [4.78, 5) is 11.3. The van der Waals surface area contributed by atoms with Gasteiger partial charge in [0.2, 0.25) is 0 Å². The van der Waals surface area contributed by atoms with E-state index in [9.17, 15) is 0 Å². The number of nitrogen functional groups attached to an aromatic ring is 2. The highest BCUT2D eigenvalue weighted by Crippen LogP contribution is 2.39. The number of fused-ring (bicyclic) bond motifs is 5. The van der Waals surface area contributed by atoms with Crippen LogP contribution in [-0.2, 0) is 0 Å². The van der Waals surface area contributed by atoms with E-state index in [1.807, 2.05) is 45.3 Å². The van der Waals surface area contributed by atoms with Crippen molar-refractivity contribution in [2.24, 2.45) is 0 Å². The summed E-state index contributed by atoms with van der Waals surface area (Å²) in [6, 6.07) is 7.76. The summed E-state index contributed by atoms with van der Waals surface area (Å²) in [6.07, 6.45) is 1.77. The number of rotatable bonds is 5. The summed E-state index contributed by atoms with van der Waals surface area (Å²) >= 11 is 0. The maximum absolute atomic E-state index is 6.27. The van der Waals surface area contributed by atoms with Gasteiger partial charge in [0.15, 0.2) is 11.5 Å². The van der Waals surface area contributed by atoms with E-state index >= 15 is 0 Å². The molecule has 2 heterocycles. The van der Waals surface area contributed by atoms with Crippen molar-refractivity contribution < 1.29 is 9.47 Å². The number of ether oxygens (including phenoxy) is 2. The Labute approximate surface area is 169 Å². The van der Waals surface area contributed by atoms with Gasteiger partial charge in [-0.15, -0.1) is 0 Å². The molecule has 150 valence electrons. The number of hydrogen-bond acceptors (Lipinski definition) is 7. The molecule has 4 aromatic rings. The van der Waals surface area contributed by atoms with Gasteiger partial charge in [0.05, 0.1) is 18.1 Å². The summed E-state index contributed by atoms with van der Waals surface area (Å²) in [5.41, 5.74) is 15.6. The molecule has 29 heavy (non-hydrogen) atoms. The summed E-state index contributed by atoms with van der Waals surface area (Å²) in [7, 11) is 5.65. The molecule has 0 aliphatic rings. The maximum atomic E-state index is 6.27. The highest BCUT2D eigenvalue weighted by atomic mass is 16.5. The lowest BCUT2D eigenvalue weighted by Crippen LogP contribution is -2.19. The third kappa shape index (κ3) is 3.23. The Morgan fingerprint density at radius 1 is 1.03 bits per heavy atom. The second-order valence-corrected chi connectivity index (χ2v) is 7.39. The third-order valence-corrected chi connectivity index (χ3v) is 5.20. The molecule has 0 aliphatic heterocycles. The van der Waals surface area contributed by atoms with Crippen molar-refractivity contribution in [3.8, 4) is 11.5 Å². The second kappa shape index (κ2) is 7.25. The van der Waals surface area contributed by atoms with Crippen LogP contribution < -0.4 is 20.9 Å². The molecular formula is C22H25N5O2. The topological polar surface area (TPSA) is 99.5 Å². The number of nitrogens with zero attached hydrogens (tertiary/aromatic N) is 3. The fourth-order valence-electron chi connectivity index (χ4n) is 3.54. The minimum absolute atomic E-state index is 0.431. The predicted molar refractivity (Wildman–Crippen MR) is 119 cm³/mol. The SMILES string of the molecule is COc1cc2c(cc1OCCN(C)C)ncc1c(N)nc3c(C)c(N)ccc3c12. The number of likely N-dealkylation sites (N-methyl/N-ethyl adjacent to an activating group) is 1. The van der Waals surface area contributed by atoms with Crippen LogP contribution in [0.5, 0.6) is 11.5 Å². The van der Waals surface area contributed by atoms with E-state index in [-0.39, 0.29) is 0 Å². The van der Waals surface area contributed by atoms with Gasteiger partial charge >= 0.3 is 0 Å². The van der Waals surface area contributed by atoms with Crippen LogP contribution in [0.4, 0.5) is 11.5 Å². The molecule has 7 heteroatoms. The van der Waals surface area contributed by atoms with E-state index in [0.717, 1.165) is 44.7 Å². The smallest absolute Gasteiger partial charge is 0.163 e. The van der Waals surface area contributed by atoms with E-state index in [4.69, 9.17) is 20.9 Å². The molecule has 2 aromatic carbocycles.